The topological polar surface area (TPSA) is 79.2 Å². The predicted octanol–water partition coefficient (Wildman–Crippen LogP) is 19.8. The molecule has 0 aromatic heterocycles. The lowest BCUT2D eigenvalue weighted by atomic mass is 10.1. The number of likely N-dealkylation sites (N-methyl/N-ethyl adjacent to an activating group) is 1. The van der Waals surface area contributed by atoms with Crippen LogP contribution in [0.1, 0.15) is 310 Å². The number of allylic oxidation sites excluding steroid dienone is 12. The van der Waals surface area contributed by atoms with Gasteiger partial charge in [0.25, 0.3) is 0 Å². The van der Waals surface area contributed by atoms with Gasteiger partial charge in [-0.2, -0.15) is 0 Å². The second-order valence-corrected chi connectivity index (χ2v) is 23.5. The van der Waals surface area contributed by atoms with Crippen molar-refractivity contribution in [1.29, 1.82) is 0 Å². The number of hydrogen-bond acceptors (Lipinski definition) is 6. The minimum absolute atomic E-state index is 0.283. The fraction of sp³-hybridized carbons (Fsp3) is 0.831. The monoisotopic (exact) mass is 1080 g/mol. The molecule has 0 aromatic carbocycles. The third-order valence-electron chi connectivity index (χ3n) is 15.5. The first-order valence-electron chi connectivity index (χ1n) is 34.0. The maximum absolute atomic E-state index is 11.2. The van der Waals surface area contributed by atoms with Gasteiger partial charge in [-0.25, -0.2) is 0 Å². The lowest BCUT2D eigenvalue weighted by Gasteiger charge is -2.29. The summed E-state index contributed by atoms with van der Waals surface area (Å²) in [7, 11) is 2.17. The highest BCUT2D eigenvalue weighted by Gasteiger charge is 2.17. The van der Waals surface area contributed by atoms with Crippen LogP contribution < -0.4 is 5.32 Å². The average Bonchev–Trinajstić information content (AvgIpc) is 3.42. The van der Waals surface area contributed by atoms with Gasteiger partial charge in [-0.05, 0) is 123 Å². The van der Waals surface area contributed by atoms with Crippen LogP contribution in [0.5, 0.6) is 0 Å². The van der Waals surface area contributed by atoms with Gasteiger partial charge >= 0.3 is 0 Å². The molecule has 0 amide bonds. The number of nitrogens with zero attached hydrogens (tertiary/aromatic N) is 2. The van der Waals surface area contributed by atoms with Crippen molar-refractivity contribution in [1.82, 2.24) is 15.1 Å². The quantitative estimate of drug-likeness (QED) is 0.0359. The van der Waals surface area contributed by atoms with Crippen LogP contribution >= 0.6 is 0 Å². The summed E-state index contributed by atoms with van der Waals surface area (Å²) >= 11 is 0. The van der Waals surface area contributed by atoms with Crippen LogP contribution in [-0.2, 0) is 0 Å². The third-order valence-corrected chi connectivity index (χ3v) is 15.5. The number of hydrogen-bond donors (Lipinski definition) is 4. The highest BCUT2D eigenvalue weighted by molar-refractivity contribution is 4.94. The van der Waals surface area contributed by atoms with E-state index in [2.05, 4.69) is 116 Å². The van der Waals surface area contributed by atoms with Crippen LogP contribution in [0.4, 0.5) is 0 Å². The van der Waals surface area contributed by atoms with Gasteiger partial charge in [-0.15, -0.1) is 0 Å². The molecule has 0 aliphatic carbocycles. The van der Waals surface area contributed by atoms with Gasteiger partial charge in [-0.1, -0.05) is 267 Å². The fourth-order valence-corrected chi connectivity index (χ4v) is 10.3. The zero-order valence-electron chi connectivity index (χ0n) is 52.2. The molecule has 3 atom stereocenters. The van der Waals surface area contributed by atoms with Crippen LogP contribution in [0.3, 0.4) is 0 Å². The minimum Gasteiger partial charge on any atom is -0.392 e. The molecule has 0 aliphatic heterocycles. The largest absolute Gasteiger partial charge is 0.392 e. The lowest BCUT2D eigenvalue weighted by molar-refractivity contribution is 0.0563. The van der Waals surface area contributed by atoms with Gasteiger partial charge in [-0.3, -0.25) is 4.90 Å². The van der Waals surface area contributed by atoms with Gasteiger partial charge in [0, 0.05) is 45.8 Å². The first-order chi connectivity index (χ1) is 37.9. The summed E-state index contributed by atoms with van der Waals surface area (Å²) in [5, 5.41) is 36.5. The summed E-state index contributed by atoms with van der Waals surface area (Å²) in [6, 6.07) is 0. The van der Waals surface area contributed by atoms with Crippen molar-refractivity contribution < 1.29 is 15.3 Å². The van der Waals surface area contributed by atoms with Gasteiger partial charge < -0.3 is 25.5 Å². The van der Waals surface area contributed by atoms with E-state index in [1.165, 1.54) is 231 Å². The van der Waals surface area contributed by atoms with E-state index in [0.717, 1.165) is 84.0 Å². The first kappa shape index (κ1) is 75.2. The summed E-state index contributed by atoms with van der Waals surface area (Å²) in [5.74, 6) is 0. The molecule has 6 nitrogen and oxygen atoms in total. The molecule has 0 radical (unpaired) electrons. The van der Waals surface area contributed by atoms with Crippen LogP contribution in [0.25, 0.3) is 0 Å². The molecule has 77 heavy (non-hydrogen) atoms. The smallest absolute Gasteiger partial charge is 0.0667 e. The molecule has 0 spiro atoms. The Labute approximate surface area is 482 Å². The zero-order valence-corrected chi connectivity index (χ0v) is 52.2. The summed E-state index contributed by atoms with van der Waals surface area (Å²) < 4.78 is 0. The Morgan fingerprint density at radius 2 is 0.584 bits per heavy atom. The van der Waals surface area contributed by atoms with Crippen LogP contribution in [-0.4, -0.2) is 96.3 Å². The zero-order chi connectivity index (χ0) is 55.8. The maximum Gasteiger partial charge on any atom is 0.0667 e. The van der Waals surface area contributed by atoms with E-state index in [0.29, 0.717) is 19.6 Å². The van der Waals surface area contributed by atoms with Gasteiger partial charge in [0.05, 0.1) is 18.3 Å². The summed E-state index contributed by atoms with van der Waals surface area (Å²) in [6.07, 6.45) is 82.9. The van der Waals surface area contributed by atoms with Crippen molar-refractivity contribution in [3.8, 4) is 0 Å². The Morgan fingerprint density at radius 3 is 0.896 bits per heavy atom. The van der Waals surface area contributed by atoms with E-state index in [1.807, 2.05) is 0 Å². The molecule has 0 rings (SSSR count). The van der Waals surface area contributed by atoms with E-state index < -0.39 is 0 Å². The SMILES string of the molecule is CCCCCCCC/C=C\C/C=C\CCCCCCCC(O)CNCCN(C)CCN(CC(O)CCCCCCC/C=C\C/C=C\CCCCCCCC)CC(O)CCCCCCC/C=C\C/C=C\CCCCCCCC. The van der Waals surface area contributed by atoms with Crippen molar-refractivity contribution >= 4 is 0 Å². The Hall–Kier alpha value is -1.80. The molecule has 6 heteroatoms. The van der Waals surface area contributed by atoms with Gasteiger partial charge in [0.15, 0.2) is 0 Å². The number of aliphatic hydroxyl groups excluding tert-OH is 3. The predicted molar refractivity (Wildman–Crippen MR) is 344 cm³/mol. The second-order valence-electron chi connectivity index (χ2n) is 23.5. The van der Waals surface area contributed by atoms with Crippen LogP contribution in [0, 0.1) is 0 Å². The normalized spacial score (nSPS) is 13.8. The average molecular weight is 1080 g/mol. The fourth-order valence-electron chi connectivity index (χ4n) is 10.3. The van der Waals surface area contributed by atoms with Crippen molar-refractivity contribution in [3.05, 3.63) is 72.9 Å². The van der Waals surface area contributed by atoms with Crippen molar-refractivity contribution in [2.45, 2.75) is 328 Å². The van der Waals surface area contributed by atoms with Crippen molar-refractivity contribution in [2.24, 2.45) is 0 Å². The Kier molecular flexibility index (Phi) is 63.5. The highest BCUT2D eigenvalue weighted by atomic mass is 16.3. The maximum atomic E-state index is 11.2. The second kappa shape index (κ2) is 65.0. The number of aliphatic hydroxyl groups is 3. The van der Waals surface area contributed by atoms with Crippen LogP contribution in [0.2, 0.25) is 0 Å². The van der Waals surface area contributed by atoms with Gasteiger partial charge in [0.1, 0.15) is 0 Å². The molecule has 0 aromatic rings. The number of nitrogens with one attached hydrogen (secondary N) is 1. The van der Waals surface area contributed by atoms with Crippen molar-refractivity contribution in [3.63, 3.8) is 0 Å². The highest BCUT2D eigenvalue weighted by Crippen LogP contribution is 2.15. The molecule has 0 fully saturated rings. The van der Waals surface area contributed by atoms with E-state index in [-0.39, 0.29) is 18.3 Å². The Bertz CT molecular complexity index is 1250. The number of unbranched alkanes of at least 4 members (excludes halogenated alkanes) is 33. The van der Waals surface area contributed by atoms with E-state index in [9.17, 15) is 15.3 Å². The first-order valence-corrected chi connectivity index (χ1v) is 34.0. The summed E-state index contributed by atoms with van der Waals surface area (Å²) in [6.45, 7) is 12.2. The lowest BCUT2D eigenvalue weighted by Crippen LogP contribution is -2.43. The Morgan fingerprint density at radius 1 is 0.312 bits per heavy atom. The van der Waals surface area contributed by atoms with E-state index in [4.69, 9.17) is 0 Å². The van der Waals surface area contributed by atoms with E-state index in [1.54, 1.807) is 0 Å². The molecule has 0 saturated carbocycles. The molecule has 3 unspecified atom stereocenters. The third kappa shape index (κ3) is 63.3. The molecule has 452 valence electrons. The molecule has 0 saturated heterocycles. The number of rotatable bonds is 63. The Balaban J connectivity index is 4.47. The molecule has 4 N–H and O–H groups in total. The standard InChI is InChI=1S/C71H135N3O3/c1-5-8-11-14-17-20-23-26-29-32-35-38-41-44-47-50-53-56-59-69(75)66-72-62-63-73(4)64-65-74(67-70(76)60-57-54-51-48-45-42-39-36-33-30-27-24-21-18-15-12-9-6-2)68-71(77)61-58-55-52-49-46-43-40-37-34-31-28-25-22-19-16-13-10-7-3/h26-31,35-40,69-72,75-77H,5-25,32-34,41-68H2,1-4H3/b29-26-,30-27-,31-28-,38-35-,39-36-,40-37-. The minimum atomic E-state index is -0.359. The van der Waals surface area contributed by atoms with Crippen LogP contribution in [0.15, 0.2) is 72.9 Å². The molecular formula is C71H135N3O3. The molecule has 0 heterocycles. The molecular weight excluding hydrogens is 943 g/mol. The van der Waals surface area contributed by atoms with Crippen molar-refractivity contribution in [2.75, 3.05) is 52.9 Å². The summed E-state index contributed by atoms with van der Waals surface area (Å²) in [4.78, 5) is 4.67. The molecule has 0 bridgehead atoms. The molecule has 0 aliphatic rings. The van der Waals surface area contributed by atoms with E-state index >= 15 is 0 Å². The van der Waals surface area contributed by atoms with Gasteiger partial charge in [0.2, 0.25) is 0 Å². The summed E-state index contributed by atoms with van der Waals surface area (Å²) in [5.41, 5.74) is 0.